The second kappa shape index (κ2) is 6.10. The number of nitrogens with zero attached hydrogens (tertiary/aromatic N) is 1. The molecule has 0 bridgehead atoms. The number of benzene rings is 1. The average molecular weight is 286 g/mol. The van der Waals surface area contributed by atoms with Crippen molar-refractivity contribution in [2.45, 2.75) is 25.3 Å². The van der Waals surface area contributed by atoms with E-state index in [-0.39, 0.29) is 24.3 Å². The van der Waals surface area contributed by atoms with Crippen LogP contribution in [-0.2, 0) is 0 Å². The van der Waals surface area contributed by atoms with Gasteiger partial charge in [0.1, 0.15) is 5.69 Å². The molecule has 110 valence electrons. The number of aliphatic hydroxyl groups is 1. The largest absolute Gasteiger partial charge is 0.396 e. The highest BCUT2D eigenvalue weighted by Crippen LogP contribution is 2.34. The van der Waals surface area contributed by atoms with Gasteiger partial charge in [-0.3, -0.25) is 4.79 Å². The van der Waals surface area contributed by atoms with Crippen molar-refractivity contribution in [2.24, 2.45) is 5.92 Å². The number of amides is 1. The van der Waals surface area contributed by atoms with E-state index >= 15 is 0 Å². The molecule has 1 aliphatic rings. The van der Waals surface area contributed by atoms with Gasteiger partial charge in [-0.15, -0.1) is 0 Å². The zero-order valence-corrected chi connectivity index (χ0v) is 11.7. The molecule has 1 aromatic heterocycles. The molecule has 3 rings (SSSR count). The third-order valence-corrected chi connectivity index (χ3v) is 3.75. The predicted molar refractivity (Wildman–Crippen MR) is 77.6 cm³/mol. The second-order valence-electron chi connectivity index (χ2n) is 5.37. The molecule has 0 aliphatic heterocycles. The van der Waals surface area contributed by atoms with Gasteiger partial charge in [0.25, 0.3) is 5.91 Å². The first-order valence-corrected chi connectivity index (χ1v) is 7.22. The number of hydrogen-bond acceptors (Lipinski definition) is 4. The molecule has 0 spiro atoms. The summed E-state index contributed by atoms with van der Waals surface area (Å²) < 4.78 is 5.14. The van der Waals surface area contributed by atoms with Crippen molar-refractivity contribution in [1.29, 1.82) is 0 Å². The molecule has 2 aromatic rings. The van der Waals surface area contributed by atoms with Crippen LogP contribution >= 0.6 is 0 Å². The van der Waals surface area contributed by atoms with E-state index in [1.54, 1.807) is 6.07 Å². The minimum absolute atomic E-state index is 0.0211. The van der Waals surface area contributed by atoms with E-state index in [9.17, 15) is 4.79 Å². The predicted octanol–water partition coefficient (Wildman–Crippen LogP) is 2.23. The van der Waals surface area contributed by atoms with Gasteiger partial charge < -0.3 is 14.9 Å². The molecule has 1 fully saturated rings. The van der Waals surface area contributed by atoms with Crippen molar-refractivity contribution < 1.29 is 14.4 Å². The molecule has 5 nitrogen and oxygen atoms in total. The minimum Gasteiger partial charge on any atom is -0.396 e. The number of rotatable bonds is 6. The third kappa shape index (κ3) is 3.31. The fourth-order valence-electron chi connectivity index (χ4n) is 2.43. The monoisotopic (exact) mass is 286 g/mol. The average Bonchev–Trinajstić information content (AvgIpc) is 3.24. The van der Waals surface area contributed by atoms with Gasteiger partial charge in [-0.1, -0.05) is 35.5 Å². The Labute approximate surface area is 123 Å². The van der Waals surface area contributed by atoms with E-state index in [4.69, 9.17) is 9.63 Å². The molecule has 1 unspecified atom stereocenters. The number of aliphatic hydroxyl groups excluding tert-OH is 1. The van der Waals surface area contributed by atoms with E-state index in [0.29, 0.717) is 18.0 Å². The van der Waals surface area contributed by atoms with Gasteiger partial charge in [0.2, 0.25) is 5.76 Å². The molecule has 21 heavy (non-hydrogen) atoms. The topological polar surface area (TPSA) is 75.4 Å². The summed E-state index contributed by atoms with van der Waals surface area (Å²) in [5.74, 6) is 0.421. The molecule has 1 aliphatic carbocycles. The van der Waals surface area contributed by atoms with Crippen molar-refractivity contribution in [1.82, 2.24) is 10.5 Å². The van der Waals surface area contributed by atoms with Crippen LogP contribution < -0.4 is 5.32 Å². The Bertz CT molecular complexity index is 605. The van der Waals surface area contributed by atoms with Gasteiger partial charge in [0, 0.05) is 24.3 Å². The normalized spacial score (nSPS) is 15.7. The highest BCUT2D eigenvalue weighted by atomic mass is 16.5. The van der Waals surface area contributed by atoms with Gasteiger partial charge >= 0.3 is 0 Å². The van der Waals surface area contributed by atoms with Crippen molar-refractivity contribution in [3.05, 3.63) is 42.2 Å². The van der Waals surface area contributed by atoms with Crippen LogP contribution in [0, 0.1) is 5.92 Å². The molecule has 1 saturated carbocycles. The molecule has 0 radical (unpaired) electrons. The van der Waals surface area contributed by atoms with Crippen molar-refractivity contribution in [3.8, 4) is 11.3 Å². The van der Waals surface area contributed by atoms with Crippen LogP contribution in [-0.4, -0.2) is 28.8 Å². The molecule has 1 atom stereocenters. The summed E-state index contributed by atoms with van der Waals surface area (Å²) in [4.78, 5) is 12.2. The number of carbonyl (C=O) groups excluding carboxylic acids is 1. The summed E-state index contributed by atoms with van der Waals surface area (Å²) in [7, 11) is 0. The van der Waals surface area contributed by atoms with E-state index in [1.165, 1.54) is 0 Å². The van der Waals surface area contributed by atoms with Gasteiger partial charge in [-0.2, -0.15) is 0 Å². The van der Waals surface area contributed by atoms with Crippen LogP contribution in [0.1, 0.15) is 29.8 Å². The quantitative estimate of drug-likeness (QED) is 0.854. The Hall–Kier alpha value is -2.14. The maximum atomic E-state index is 12.2. The molecule has 0 saturated heterocycles. The fraction of sp³-hybridized carbons (Fsp3) is 0.375. The zero-order valence-electron chi connectivity index (χ0n) is 11.7. The highest BCUT2D eigenvalue weighted by Gasteiger charge is 2.32. The first-order valence-electron chi connectivity index (χ1n) is 7.22. The Kier molecular flexibility index (Phi) is 4.01. The standard InChI is InChI=1S/C16H18N2O3/c19-9-8-13(12-6-7-12)17-16(20)15-10-14(18-21-15)11-4-2-1-3-5-11/h1-5,10,12-13,19H,6-9H2,(H,17,20). The molecule has 1 aromatic carbocycles. The minimum atomic E-state index is -0.268. The fourth-order valence-corrected chi connectivity index (χ4v) is 2.43. The Balaban J connectivity index is 1.69. The lowest BCUT2D eigenvalue weighted by Gasteiger charge is -2.15. The van der Waals surface area contributed by atoms with Crippen molar-refractivity contribution in [2.75, 3.05) is 6.61 Å². The van der Waals surface area contributed by atoms with Gasteiger partial charge in [-0.25, -0.2) is 0 Å². The number of nitrogens with one attached hydrogen (secondary N) is 1. The Morgan fingerprint density at radius 3 is 2.81 bits per heavy atom. The molecule has 1 amide bonds. The van der Waals surface area contributed by atoms with E-state index in [2.05, 4.69) is 10.5 Å². The van der Waals surface area contributed by atoms with Crippen LogP contribution in [0.4, 0.5) is 0 Å². The lowest BCUT2D eigenvalue weighted by Crippen LogP contribution is -2.36. The molecule has 1 heterocycles. The van der Waals surface area contributed by atoms with Gasteiger partial charge in [-0.05, 0) is 25.2 Å². The summed E-state index contributed by atoms with van der Waals surface area (Å²) >= 11 is 0. The second-order valence-corrected chi connectivity index (χ2v) is 5.37. The number of aromatic nitrogens is 1. The van der Waals surface area contributed by atoms with Crippen LogP contribution in [0.25, 0.3) is 11.3 Å². The Morgan fingerprint density at radius 1 is 1.38 bits per heavy atom. The van der Waals surface area contributed by atoms with Crippen LogP contribution in [0.15, 0.2) is 40.9 Å². The molecular formula is C16H18N2O3. The first kappa shape index (κ1) is 13.8. The van der Waals surface area contributed by atoms with Crippen LogP contribution in [0.5, 0.6) is 0 Å². The highest BCUT2D eigenvalue weighted by molar-refractivity contribution is 5.92. The van der Waals surface area contributed by atoms with E-state index in [0.717, 1.165) is 18.4 Å². The summed E-state index contributed by atoms with van der Waals surface area (Å²) in [6, 6.07) is 11.2. The van der Waals surface area contributed by atoms with Gasteiger partial charge in [0.05, 0.1) is 0 Å². The molecule has 5 heteroatoms. The van der Waals surface area contributed by atoms with Gasteiger partial charge in [0.15, 0.2) is 0 Å². The summed E-state index contributed by atoms with van der Waals surface area (Å²) in [5, 5.41) is 15.9. The summed E-state index contributed by atoms with van der Waals surface area (Å²) in [6.45, 7) is 0.0765. The maximum Gasteiger partial charge on any atom is 0.290 e. The van der Waals surface area contributed by atoms with E-state index in [1.807, 2.05) is 30.3 Å². The maximum absolute atomic E-state index is 12.2. The van der Waals surface area contributed by atoms with Crippen LogP contribution in [0.3, 0.4) is 0 Å². The SMILES string of the molecule is O=C(NC(CCO)C1CC1)c1cc(-c2ccccc2)no1. The van der Waals surface area contributed by atoms with Crippen molar-refractivity contribution in [3.63, 3.8) is 0 Å². The van der Waals surface area contributed by atoms with Crippen LogP contribution in [0.2, 0.25) is 0 Å². The zero-order chi connectivity index (χ0) is 14.7. The van der Waals surface area contributed by atoms with Crippen molar-refractivity contribution >= 4 is 5.91 Å². The molecule has 2 N–H and O–H groups in total. The summed E-state index contributed by atoms with van der Waals surface area (Å²) in [5.41, 5.74) is 1.56. The Morgan fingerprint density at radius 2 is 2.14 bits per heavy atom. The number of carbonyl (C=O) groups is 1. The third-order valence-electron chi connectivity index (χ3n) is 3.75. The smallest absolute Gasteiger partial charge is 0.290 e. The first-order chi connectivity index (χ1) is 10.3. The lowest BCUT2D eigenvalue weighted by molar-refractivity contribution is 0.0887. The summed E-state index contributed by atoms with van der Waals surface area (Å²) in [6.07, 6.45) is 2.79. The van der Waals surface area contributed by atoms with E-state index < -0.39 is 0 Å². The lowest BCUT2D eigenvalue weighted by atomic mass is 10.1. The molecular weight excluding hydrogens is 268 g/mol. The number of hydrogen-bond donors (Lipinski definition) is 2.